The Balaban J connectivity index is 1.74. The normalized spacial score (nSPS) is 11.4. The molecule has 3 heterocycles. The first-order chi connectivity index (χ1) is 14.5. The second-order valence-electron chi connectivity index (χ2n) is 7.42. The van der Waals surface area contributed by atoms with Crippen molar-refractivity contribution < 1.29 is 0 Å². The van der Waals surface area contributed by atoms with E-state index >= 15 is 0 Å². The number of hydrogen-bond acceptors (Lipinski definition) is 5. The van der Waals surface area contributed by atoms with Crippen LogP contribution in [0.1, 0.15) is 16.7 Å². The molecule has 0 amide bonds. The van der Waals surface area contributed by atoms with E-state index in [1.54, 1.807) is 0 Å². The third-order valence-electron chi connectivity index (χ3n) is 5.25. The number of fused-ring (bicyclic) bond motifs is 2. The second-order valence-corrected chi connectivity index (χ2v) is 8.44. The minimum Gasteiger partial charge on any atom is -0.383 e. The van der Waals surface area contributed by atoms with Gasteiger partial charge in [0.25, 0.3) is 0 Å². The highest BCUT2D eigenvalue weighted by atomic mass is 127. The molecular formula is C23H19IN6. The molecule has 3 aromatic heterocycles. The second kappa shape index (κ2) is 7.32. The lowest BCUT2D eigenvalue weighted by Gasteiger charge is -2.13. The molecule has 0 unspecified atom stereocenters. The monoisotopic (exact) mass is 506 g/mol. The molecule has 0 spiro atoms. The summed E-state index contributed by atoms with van der Waals surface area (Å²) in [6, 6.07) is 16.9. The number of anilines is 1. The van der Waals surface area contributed by atoms with Gasteiger partial charge in [-0.05, 0) is 54.1 Å². The van der Waals surface area contributed by atoms with Gasteiger partial charge in [-0.15, -0.1) is 0 Å². The number of benzene rings is 2. The fraction of sp³-hybridized carbons (Fsp3) is 0.130. The minimum absolute atomic E-state index is 0.446. The van der Waals surface area contributed by atoms with Gasteiger partial charge in [-0.3, -0.25) is 0 Å². The van der Waals surface area contributed by atoms with Crippen LogP contribution in [0.2, 0.25) is 0 Å². The Labute approximate surface area is 187 Å². The predicted octanol–water partition coefficient (Wildman–Crippen LogP) is 4.89. The van der Waals surface area contributed by atoms with E-state index in [2.05, 4.69) is 100 Å². The first kappa shape index (κ1) is 18.9. The quantitative estimate of drug-likeness (QED) is 0.353. The number of aromatic nitrogens is 5. The van der Waals surface area contributed by atoms with Gasteiger partial charge in [0.1, 0.15) is 15.8 Å². The molecule has 7 heteroatoms. The van der Waals surface area contributed by atoms with Gasteiger partial charge in [0, 0.05) is 16.5 Å². The smallest absolute Gasteiger partial charge is 0.164 e. The van der Waals surface area contributed by atoms with E-state index in [9.17, 15) is 0 Å². The largest absolute Gasteiger partial charge is 0.383 e. The Morgan fingerprint density at radius 2 is 1.87 bits per heavy atom. The van der Waals surface area contributed by atoms with E-state index in [1.807, 2.05) is 4.68 Å². The summed E-state index contributed by atoms with van der Waals surface area (Å²) in [6.45, 7) is 4.73. The number of nitrogens with two attached hydrogens (primary N) is 1. The molecular weight excluding hydrogens is 487 g/mol. The Morgan fingerprint density at radius 1 is 1.03 bits per heavy atom. The van der Waals surface area contributed by atoms with Crippen molar-refractivity contribution in [3.8, 4) is 11.3 Å². The molecule has 0 aliphatic rings. The van der Waals surface area contributed by atoms with Crippen molar-refractivity contribution in [2.75, 3.05) is 5.73 Å². The Kier molecular flexibility index (Phi) is 4.62. The number of nitrogen functional groups attached to an aromatic ring is 1. The maximum absolute atomic E-state index is 6.07. The van der Waals surface area contributed by atoms with Gasteiger partial charge in [0.05, 0.1) is 23.1 Å². The van der Waals surface area contributed by atoms with Crippen molar-refractivity contribution in [1.29, 1.82) is 0 Å². The molecule has 2 aromatic carbocycles. The minimum atomic E-state index is 0.446. The highest BCUT2D eigenvalue weighted by Gasteiger charge is 2.17. The molecule has 5 aromatic rings. The molecule has 0 atom stereocenters. The topological polar surface area (TPSA) is 82.5 Å². The fourth-order valence-electron chi connectivity index (χ4n) is 3.81. The van der Waals surface area contributed by atoms with Crippen LogP contribution in [0.3, 0.4) is 0 Å². The van der Waals surface area contributed by atoms with Crippen LogP contribution in [-0.2, 0) is 6.54 Å². The van der Waals surface area contributed by atoms with E-state index < -0.39 is 0 Å². The van der Waals surface area contributed by atoms with Crippen LogP contribution < -0.4 is 5.73 Å². The van der Waals surface area contributed by atoms with E-state index in [4.69, 9.17) is 10.7 Å². The number of nitrogens with zero attached hydrogens (tertiary/aromatic N) is 5. The van der Waals surface area contributed by atoms with Gasteiger partial charge < -0.3 is 5.73 Å². The van der Waals surface area contributed by atoms with Gasteiger partial charge in [-0.25, -0.2) is 19.6 Å². The molecule has 0 aliphatic heterocycles. The molecule has 6 nitrogen and oxygen atoms in total. The summed E-state index contributed by atoms with van der Waals surface area (Å²) < 4.78 is 2.68. The summed E-state index contributed by atoms with van der Waals surface area (Å²) in [5, 5.41) is 6.59. The lowest BCUT2D eigenvalue weighted by Crippen LogP contribution is -2.06. The highest BCUT2D eigenvalue weighted by Crippen LogP contribution is 2.30. The van der Waals surface area contributed by atoms with E-state index in [0.717, 1.165) is 48.0 Å². The zero-order valence-electron chi connectivity index (χ0n) is 16.6. The summed E-state index contributed by atoms with van der Waals surface area (Å²) in [5.74, 6) is 0.446. The average molecular weight is 506 g/mol. The number of hydrogen-bond donors (Lipinski definition) is 1. The van der Waals surface area contributed by atoms with E-state index in [1.165, 1.54) is 11.9 Å². The summed E-state index contributed by atoms with van der Waals surface area (Å²) in [7, 11) is 0. The molecule has 30 heavy (non-hydrogen) atoms. The van der Waals surface area contributed by atoms with Crippen molar-refractivity contribution in [2.45, 2.75) is 20.4 Å². The van der Waals surface area contributed by atoms with Gasteiger partial charge >= 0.3 is 0 Å². The maximum atomic E-state index is 6.07. The molecule has 0 fully saturated rings. The first-order valence-corrected chi connectivity index (χ1v) is 10.7. The molecule has 0 saturated heterocycles. The Morgan fingerprint density at radius 3 is 2.70 bits per heavy atom. The zero-order chi connectivity index (χ0) is 20.8. The third-order valence-corrected chi connectivity index (χ3v) is 6.01. The van der Waals surface area contributed by atoms with Crippen molar-refractivity contribution in [1.82, 2.24) is 24.7 Å². The average Bonchev–Trinajstić information content (AvgIpc) is 3.04. The van der Waals surface area contributed by atoms with Crippen molar-refractivity contribution in [3.63, 3.8) is 0 Å². The number of rotatable bonds is 3. The zero-order valence-corrected chi connectivity index (χ0v) is 18.8. The van der Waals surface area contributed by atoms with Crippen LogP contribution in [0, 0.1) is 17.5 Å². The summed E-state index contributed by atoms with van der Waals surface area (Å²) in [6.07, 6.45) is 1.48. The highest BCUT2D eigenvalue weighted by molar-refractivity contribution is 14.1. The molecule has 0 saturated carbocycles. The van der Waals surface area contributed by atoms with E-state index in [-0.39, 0.29) is 0 Å². The van der Waals surface area contributed by atoms with Gasteiger partial charge in [-0.1, -0.05) is 42.0 Å². The van der Waals surface area contributed by atoms with E-state index in [0.29, 0.717) is 12.4 Å². The van der Waals surface area contributed by atoms with Gasteiger partial charge in [0.2, 0.25) is 0 Å². The van der Waals surface area contributed by atoms with Crippen LogP contribution in [0.4, 0.5) is 5.82 Å². The molecule has 5 rings (SSSR count). The van der Waals surface area contributed by atoms with Crippen molar-refractivity contribution >= 4 is 50.3 Å². The van der Waals surface area contributed by atoms with Crippen LogP contribution in [-0.4, -0.2) is 24.7 Å². The van der Waals surface area contributed by atoms with Gasteiger partial charge in [0.15, 0.2) is 5.65 Å². The Bertz CT molecular complexity index is 1420. The summed E-state index contributed by atoms with van der Waals surface area (Å²) >= 11 is 2.18. The number of pyridine rings is 1. The maximum Gasteiger partial charge on any atom is 0.164 e. The predicted molar refractivity (Wildman–Crippen MR) is 128 cm³/mol. The Hall–Kier alpha value is -3.07. The first-order valence-electron chi connectivity index (χ1n) is 9.60. The molecule has 148 valence electrons. The summed E-state index contributed by atoms with van der Waals surface area (Å²) in [4.78, 5) is 13.6. The number of para-hydroxylation sites is 1. The standard InChI is InChI=1S/C23H19IN6/c1-13-5-3-7-15(9-13)20-17(10-16-8-4-6-14(2)19(16)28-20)11-30-23-18(21(24)29-30)22(25)26-12-27-23/h3-10,12H,11H2,1-2H3,(H2,25,26,27). The summed E-state index contributed by atoms with van der Waals surface area (Å²) in [5.41, 5.74) is 13.3. The fourth-order valence-corrected chi connectivity index (χ4v) is 4.59. The molecule has 0 radical (unpaired) electrons. The third kappa shape index (κ3) is 3.19. The number of aryl methyl sites for hydroxylation is 2. The lowest BCUT2D eigenvalue weighted by molar-refractivity contribution is 0.697. The molecule has 0 aliphatic carbocycles. The van der Waals surface area contributed by atoms with Crippen molar-refractivity contribution in [3.05, 3.63) is 75.2 Å². The van der Waals surface area contributed by atoms with Crippen LogP contribution in [0.25, 0.3) is 33.2 Å². The van der Waals surface area contributed by atoms with Gasteiger partial charge in [-0.2, -0.15) is 5.10 Å². The SMILES string of the molecule is Cc1cccc(-c2nc3c(C)cccc3cc2Cn2nc(I)c3c(N)ncnc32)c1. The molecule has 2 N–H and O–H groups in total. The van der Waals surface area contributed by atoms with Crippen LogP contribution in [0.15, 0.2) is 54.9 Å². The van der Waals surface area contributed by atoms with Crippen LogP contribution >= 0.6 is 22.6 Å². The number of halogens is 1. The lowest BCUT2D eigenvalue weighted by atomic mass is 10.0. The molecule has 0 bridgehead atoms. The van der Waals surface area contributed by atoms with Crippen molar-refractivity contribution in [2.24, 2.45) is 0 Å². The van der Waals surface area contributed by atoms with Crippen LogP contribution in [0.5, 0.6) is 0 Å².